The number of hydrogen-bond donors (Lipinski definition) is 1. The summed E-state index contributed by atoms with van der Waals surface area (Å²) in [6.07, 6.45) is 6.88. The molecule has 3 heterocycles. The van der Waals surface area contributed by atoms with Crippen molar-refractivity contribution in [1.29, 1.82) is 0 Å². The maximum absolute atomic E-state index is 12.1. The van der Waals surface area contributed by atoms with Gasteiger partial charge in [0.25, 0.3) is 0 Å². The second-order valence-electron chi connectivity index (χ2n) is 8.60. The van der Waals surface area contributed by atoms with E-state index in [1.807, 2.05) is 43.7 Å². The molecule has 0 saturated carbocycles. The molecule has 1 atom stereocenters. The van der Waals surface area contributed by atoms with Crippen molar-refractivity contribution in [2.45, 2.75) is 45.3 Å². The molecular formula is C22H25Cl2N5O2. The number of alkyl carbamates (subject to hydrolysis) is 1. The van der Waals surface area contributed by atoms with Crippen LogP contribution in [0.2, 0.25) is 10.0 Å². The molecule has 1 amide bonds. The van der Waals surface area contributed by atoms with Crippen LogP contribution >= 0.6 is 23.2 Å². The molecule has 1 aromatic carbocycles. The van der Waals surface area contributed by atoms with E-state index in [0.29, 0.717) is 22.1 Å². The minimum atomic E-state index is -0.533. The Bertz CT molecular complexity index is 1100. The summed E-state index contributed by atoms with van der Waals surface area (Å²) in [5.74, 6) is 0.786. The first-order valence-corrected chi connectivity index (χ1v) is 11.0. The monoisotopic (exact) mass is 461 g/mol. The Morgan fingerprint density at radius 1 is 1.32 bits per heavy atom. The van der Waals surface area contributed by atoms with Crippen molar-refractivity contribution in [3.05, 3.63) is 47.0 Å². The van der Waals surface area contributed by atoms with Gasteiger partial charge in [0.2, 0.25) is 0 Å². The van der Waals surface area contributed by atoms with Gasteiger partial charge in [-0.05, 0) is 45.7 Å². The highest BCUT2D eigenvalue weighted by molar-refractivity contribution is 6.45. The fourth-order valence-corrected chi connectivity index (χ4v) is 4.19. The predicted molar refractivity (Wildman–Crippen MR) is 123 cm³/mol. The highest BCUT2D eigenvalue weighted by atomic mass is 35.5. The smallest absolute Gasteiger partial charge is 0.407 e. The Morgan fingerprint density at radius 3 is 2.84 bits per heavy atom. The number of rotatable bonds is 4. The number of halogens is 2. The van der Waals surface area contributed by atoms with Crippen molar-refractivity contribution < 1.29 is 9.53 Å². The third kappa shape index (κ3) is 4.72. The van der Waals surface area contributed by atoms with Gasteiger partial charge in [0.1, 0.15) is 11.4 Å². The number of nitrogens with one attached hydrogen (secondary N) is 1. The van der Waals surface area contributed by atoms with Crippen LogP contribution in [0.5, 0.6) is 0 Å². The number of anilines is 1. The molecule has 31 heavy (non-hydrogen) atoms. The molecule has 0 radical (unpaired) electrons. The minimum Gasteiger partial charge on any atom is -0.444 e. The molecule has 164 valence electrons. The fraction of sp³-hybridized carbons (Fsp3) is 0.409. The van der Waals surface area contributed by atoms with Gasteiger partial charge in [0, 0.05) is 43.0 Å². The number of benzene rings is 1. The molecule has 2 aromatic heterocycles. The average molecular weight is 462 g/mol. The van der Waals surface area contributed by atoms with E-state index < -0.39 is 11.7 Å². The first kappa shape index (κ1) is 21.7. The molecule has 1 fully saturated rings. The lowest BCUT2D eigenvalue weighted by Gasteiger charge is -2.28. The van der Waals surface area contributed by atoms with E-state index >= 15 is 0 Å². The van der Waals surface area contributed by atoms with E-state index in [1.165, 1.54) is 0 Å². The molecule has 7 nitrogen and oxygen atoms in total. The van der Waals surface area contributed by atoms with E-state index in [2.05, 4.69) is 15.2 Å². The number of amides is 1. The molecule has 1 aliphatic heterocycles. The summed E-state index contributed by atoms with van der Waals surface area (Å²) in [5.41, 5.74) is 1.03. The van der Waals surface area contributed by atoms with Crippen LogP contribution in [0.1, 0.15) is 33.6 Å². The van der Waals surface area contributed by atoms with E-state index in [1.54, 1.807) is 18.6 Å². The van der Waals surface area contributed by atoms with Crippen LogP contribution < -0.4 is 10.2 Å². The van der Waals surface area contributed by atoms with Crippen LogP contribution in [0.4, 0.5) is 10.6 Å². The molecule has 1 unspecified atom stereocenters. The number of imidazole rings is 1. The highest BCUT2D eigenvalue weighted by Crippen LogP contribution is 2.36. The minimum absolute atomic E-state index is 0.103. The quantitative estimate of drug-likeness (QED) is 0.576. The van der Waals surface area contributed by atoms with Crippen LogP contribution in [0.3, 0.4) is 0 Å². The van der Waals surface area contributed by atoms with Gasteiger partial charge in [-0.15, -0.1) is 0 Å². The summed E-state index contributed by atoms with van der Waals surface area (Å²) in [7, 11) is 0. The van der Waals surface area contributed by atoms with Crippen LogP contribution in [0.15, 0.2) is 36.9 Å². The van der Waals surface area contributed by atoms with Gasteiger partial charge >= 0.3 is 6.09 Å². The topological polar surface area (TPSA) is 72.3 Å². The molecule has 1 saturated heterocycles. The number of hydrogen-bond acceptors (Lipinski definition) is 5. The molecule has 0 aliphatic carbocycles. The van der Waals surface area contributed by atoms with E-state index in [4.69, 9.17) is 32.9 Å². The van der Waals surface area contributed by atoms with Gasteiger partial charge in [-0.2, -0.15) is 0 Å². The van der Waals surface area contributed by atoms with Gasteiger partial charge < -0.3 is 19.5 Å². The maximum atomic E-state index is 12.1. The zero-order valence-electron chi connectivity index (χ0n) is 17.7. The van der Waals surface area contributed by atoms with Crippen molar-refractivity contribution >= 4 is 46.0 Å². The van der Waals surface area contributed by atoms with Gasteiger partial charge in [-0.1, -0.05) is 23.2 Å². The van der Waals surface area contributed by atoms with Gasteiger partial charge in [0.15, 0.2) is 0 Å². The van der Waals surface area contributed by atoms with Crippen LogP contribution in [0, 0.1) is 0 Å². The van der Waals surface area contributed by atoms with E-state index in [9.17, 15) is 4.79 Å². The Labute approximate surface area is 191 Å². The number of pyridine rings is 1. The standard InChI is InChI=1S/C22H25Cl2N5O2/c1-22(2,3)31-21(30)26-12-14-5-4-9-29(14)18-11-17(28-10-8-25-13-28)15-6-7-16(23)19(24)20(15)27-18/h6-8,10-11,13-14H,4-5,9,12H2,1-3H3,(H,26,30). The second kappa shape index (κ2) is 8.55. The first-order chi connectivity index (χ1) is 14.7. The molecular weight excluding hydrogens is 437 g/mol. The third-order valence-electron chi connectivity index (χ3n) is 5.17. The summed E-state index contributed by atoms with van der Waals surface area (Å²) in [4.78, 5) is 23.3. The number of carbonyl (C=O) groups excluding carboxylic acids is 1. The van der Waals surface area contributed by atoms with Crippen molar-refractivity contribution in [3.63, 3.8) is 0 Å². The largest absolute Gasteiger partial charge is 0.444 e. The van der Waals surface area contributed by atoms with Crippen molar-refractivity contribution in [1.82, 2.24) is 19.9 Å². The normalized spacial score (nSPS) is 16.7. The third-order valence-corrected chi connectivity index (χ3v) is 5.97. The number of nitrogens with zero attached hydrogens (tertiary/aromatic N) is 4. The average Bonchev–Trinajstić information content (AvgIpc) is 3.39. The number of ether oxygens (including phenoxy) is 1. The lowest BCUT2D eigenvalue weighted by Crippen LogP contribution is -2.42. The SMILES string of the molecule is CC(C)(C)OC(=O)NCC1CCCN1c1cc(-n2ccnc2)c2ccc(Cl)c(Cl)c2n1. The van der Waals surface area contributed by atoms with Crippen molar-refractivity contribution in [2.75, 3.05) is 18.0 Å². The molecule has 0 spiro atoms. The van der Waals surface area contributed by atoms with E-state index in [0.717, 1.165) is 36.3 Å². The lowest BCUT2D eigenvalue weighted by molar-refractivity contribution is 0.0525. The number of carbonyl (C=O) groups is 1. The molecule has 1 N–H and O–H groups in total. The van der Waals surface area contributed by atoms with E-state index in [-0.39, 0.29) is 6.04 Å². The predicted octanol–water partition coefficient (Wildman–Crippen LogP) is 5.22. The summed E-state index contributed by atoms with van der Waals surface area (Å²) >= 11 is 12.8. The molecule has 4 rings (SSSR count). The Morgan fingerprint density at radius 2 is 2.13 bits per heavy atom. The van der Waals surface area contributed by atoms with Crippen molar-refractivity contribution in [2.24, 2.45) is 0 Å². The Hall–Kier alpha value is -2.51. The molecule has 1 aliphatic rings. The number of fused-ring (bicyclic) bond motifs is 1. The van der Waals surface area contributed by atoms with Crippen LogP contribution in [0.25, 0.3) is 16.6 Å². The van der Waals surface area contributed by atoms with Crippen LogP contribution in [-0.4, -0.2) is 45.4 Å². The van der Waals surface area contributed by atoms with Gasteiger partial charge in [-0.3, -0.25) is 0 Å². The second-order valence-corrected chi connectivity index (χ2v) is 9.38. The maximum Gasteiger partial charge on any atom is 0.407 e. The summed E-state index contributed by atoms with van der Waals surface area (Å²) in [6.45, 7) is 6.85. The lowest BCUT2D eigenvalue weighted by atomic mass is 10.1. The number of aromatic nitrogens is 3. The Balaban J connectivity index is 1.67. The summed E-state index contributed by atoms with van der Waals surface area (Å²) in [6, 6.07) is 5.82. The van der Waals surface area contributed by atoms with Crippen LogP contribution in [-0.2, 0) is 4.74 Å². The molecule has 3 aromatic rings. The fourth-order valence-electron chi connectivity index (χ4n) is 3.83. The summed E-state index contributed by atoms with van der Waals surface area (Å²) < 4.78 is 7.30. The molecule has 9 heteroatoms. The zero-order valence-corrected chi connectivity index (χ0v) is 19.2. The highest BCUT2D eigenvalue weighted by Gasteiger charge is 2.28. The zero-order chi connectivity index (χ0) is 22.2. The molecule has 0 bridgehead atoms. The Kier molecular flexibility index (Phi) is 5.99. The van der Waals surface area contributed by atoms with Gasteiger partial charge in [-0.25, -0.2) is 14.8 Å². The first-order valence-electron chi connectivity index (χ1n) is 10.2. The van der Waals surface area contributed by atoms with Gasteiger partial charge in [0.05, 0.1) is 27.6 Å². The van der Waals surface area contributed by atoms with Crippen molar-refractivity contribution in [3.8, 4) is 5.69 Å². The summed E-state index contributed by atoms with van der Waals surface area (Å²) in [5, 5.41) is 4.66.